The van der Waals surface area contributed by atoms with Crippen molar-refractivity contribution in [3.05, 3.63) is 46.7 Å². The Hall–Kier alpha value is -0.930. The SMILES string of the molecule is CC(=O)c1ccc(S)c([SH]2C=CC=C2)c1. The average Bonchev–Trinajstić information content (AvgIpc) is 2.71. The largest absolute Gasteiger partial charge is 0.295 e. The van der Waals surface area contributed by atoms with Crippen LogP contribution in [0.1, 0.15) is 17.3 Å². The minimum Gasteiger partial charge on any atom is -0.295 e. The summed E-state index contributed by atoms with van der Waals surface area (Å²) in [4.78, 5) is 13.4. The quantitative estimate of drug-likeness (QED) is 0.593. The molecule has 1 aromatic rings. The van der Waals surface area contributed by atoms with Gasteiger partial charge in [0.25, 0.3) is 0 Å². The molecular weight excluding hydrogens is 224 g/mol. The molecule has 0 saturated carbocycles. The highest BCUT2D eigenvalue weighted by Crippen LogP contribution is 2.45. The number of hydrogen-bond donors (Lipinski definition) is 2. The molecule has 0 N–H and O–H groups in total. The highest BCUT2D eigenvalue weighted by molar-refractivity contribution is 8.22. The fourth-order valence-corrected chi connectivity index (χ4v) is 3.55. The third-order valence-corrected chi connectivity index (χ3v) is 4.74. The summed E-state index contributed by atoms with van der Waals surface area (Å²) in [6.07, 6.45) is 4.08. The molecule has 0 atom stereocenters. The molecule has 0 aliphatic carbocycles. The molecule has 78 valence electrons. The van der Waals surface area contributed by atoms with Crippen LogP contribution in [0.3, 0.4) is 0 Å². The first-order chi connectivity index (χ1) is 7.18. The molecule has 3 heteroatoms. The molecule has 2 rings (SSSR count). The topological polar surface area (TPSA) is 17.1 Å². The molecule has 0 saturated heterocycles. The molecular formula is C12H12OS2. The van der Waals surface area contributed by atoms with E-state index >= 15 is 0 Å². The van der Waals surface area contributed by atoms with E-state index in [1.54, 1.807) is 6.92 Å². The van der Waals surface area contributed by atoms with Crippen LogP contribution >= 0.6 is 23.5 Å². The van der Waals surface area contributed by atoms with Gasteiger partial charge in [-0.1, -0.05) is 18.2 Å². The molecule has 0 fully saturated rings. The van der Waals surface area contributed by atoms with E-state index in [-0.39, 0.29) is 5.78 Å². The number of carbonyl (C=O) groups is 1. The van der Waals surface area contributed by atoms with Crippen molar-refractivity contribution in [1.82, 2.24) is 0 Å². The van der Waals surface area contributed by atoms with Gasteiger partial charge in [-0.05, 0) is 29.9 Å². The van der Waals surface area contributed by atoms with Crippen LogP contribution in [0, 0.1) is 0 Å². The van der Waals surface area contributed by atoms with Crippen LogP contribution in [0.25, 0.3) is 0 Å². The number of allylic oxidation sites excluding steroid dienone is 2. The van der Waals surface area contributed by atoms with Crippen LogP contribution in [-0.4, -0.2) is 5.78 Å². The lowest BCUT2D eigenvalue weighted by Gasteiger charge is -2.13. The lowest BCUT2D eigenvalue weighted by atomic mass is 10.1. The normalized spacial score (nSPS) is 16.0. The number of rotatable bonds is 2. The van der Waals surface area contributed by atoms with Crippen molar-refractivity contribution in [2.45, 2.75) is 16.7 Å². The number of ketones is 1. The molecule has 1 aliphatic heterocycles. The van der Waals surface area contributed by atoms with E-state index in [1.807, 2.05) is 30.4 Å². The van der Waals surface area contributed by atoms with Gasteiger partial charge in [0.2, 0.25) is 0 Å². The molecule has 0 spiro atoms. The van der Waals surface area contributed by atoms with E-state index in [0.29, 0.717) is 0 Å². The predicted octanol–water partition coefficient (Wildman–Crippen LogP) is 3.58. The van der Waals surface area contributed by atoms with Gasteiger partial charge in [-0.3, -0.25) is 4.79 Å². The third-order valence-electron chi connectivity index (χ3n) is 2.26. The molecule has 0 radical (unpaired) electrons. The van der Waals surface area contributed by atoms with Crippen molar-refractivity contribution in [3.8, 4) is 0 Å². The Morgan fingerprint density at radius 3 is 2.53 bits per heavy atom. The highest BCUT2D eigenvalue weighted by atomic mass is 32.2. The van der Waals surface area contributed by atoms with Crippen LogP contribution in [0.5, 0.6) is 0 Å². The highest BCUT2D eigenvalue weighted by Gasteiger charge is 2.09. The fraction of sp³-hybridized carbons (Fsp3) is 0.0833. The third kappa shape index (κ3) is 2.19. The van der Waals surface area contributed by atoms with Crippen LogP contribution in [0.2, 0.25) is 0 Å². The van der Waals surface area contributed by atoms with Crippen LogP contribution in [0.15, 0.2) is 51.0 Å². The first-order valence-electron chi connectivity index (χ1n) is 4.66. The minimum absolute atomic E-state index is 0.103. The number of carbonyl (C=O) groups excluding carboxylic acids is 1. The Morgan fingerprint density at radius 1 is 1.27 bits per heavy atom. The van der Waals surface area contributed by atoms with Gasteiger partial charge in [0.15, 0.2) is 5.78 Å². The van der Waals surface area contributed by atoms with Crippen LogP contribution in [-0.2, 0) is 0 Å². The molecule has 1 heterocycles. The van der Waals surface area contributed by atoms with Crippen molar-refractivity contribution in [3.63, 3.8) is 0 Å². The molecule has 15 heavy (non-hydrogen) atoms. The zero-order valence-electron chi connectivity index (χ0n) is 8.34. The average molecular weight is 236 g/mol. The van der Waals surface area contributed by atoms with Gasteiger partial charge in [-0.25, -0.2) is 0 Å². The predicted molar refractivity (Wildman–Crippen MR) is 69.2 cm³/mol. The first kappa shape index (κ1) is 10.6. The number of hydrogen-bond acceptors (Lipinski definition) is 2. The summed E-state index contributed by atoms with van der Waals surface area (Å²) in [5.74, 6) is 0.103. The Balaban J connectivity index is 2.45. The second kappa shape index (κ2) is 4.29. The molecule has 1 aromatic carbocycles. The second-order valence-corrected chi connectivity index (χ2v) is 5.72. The van der Waals surface area contributed by atoms with E-state index < -0.39 is 10.9 Å². The van der Waals surface area contributed by atoms with Gasteiger partial charge in [-0.15, -0.1) is 12.6 Å². The number of thiol groups is 2. The van der Waals surface area contributed by atoms with Crippen LogP contribution < -0.4 is 0 Å². The first-order valence-corrected chi connectivity index (χ1v) is 6.58. The Morgan fingerprint density at radius 2 is 1.93 bits per heavy atom. The molecule has 0 bridgehead atoms. The molecule has 0 unspecified atom stereocenters. The molecule has 0 aromatic heterocycles. The standard InChI is InChI=1S/C12H12OS2/c1-9(13)10-4-5-11(14)12(8-10)15-6-2-3-7-15/h2-8,14-15H,1H3. The van der Waals surface area contributed by atoms with Gasteiger partial charge < -0.3 is 0 Å². The Bertz CT molecular complexity index is 449. The van der Waals surface area contributed by atoms with Crippen molar-refractivity contribution >= 4 is 29.3 Å². The van der Waals surface area contributed by atoms with Gasteiger partial charge in [0.1, 0.15) is 0 Å². The molecule has 1 nitrogen and oxygen atoms in total. The van der Waals surface area contributed by atoms with E-state index in [9.17, 15) is 4.79 Å². The number of benzene rings is 1. The van der Waals surface area contributed by atoms with Gasteiger partial charge in [0, 0.05) is 15.4 Å². The maximum atomic E-state index is 11.3. The maximum absolute atomic E-state index is 11.3. The van der Waals surface area contributed by atoms with E-state index in [4.69, 9.17) is 0 Å². The second-order valence-electron chi connectivity index (χ2n) is 3.35. The maximum Gasteiger partial charge on any atom is 0.159 e. The Kier molecular flexibility index (Phi) is 3.03. The van der Waals surface area contributed by atoms with E-state index in [2.05, 4.69) is 23.4 Å². The zero-order chi connectivity index (χ0) is 10.8. The van der Waals surface area contributed by atoms with Crippen molar-refractivity contribution in [1.29, 1.82) is 0 Å². The fourth-order valence-electron chi connectivity index (χ4n) is 1.44. The molecule has 0 amide bonds. The summed E-state index contributed by atoms with van der Waals surface area (Å²) in [6.45, 7) is 1.59. The van der Waals surface area contributed by atoms with Gasteiger partial charge in [-0.2, -0.15) is 10.9 Å². The monoisotopic (exact) mass is 236 g/mol. The van der Waals surface area contributed by atoms with Crippen LogP contribution in [0.4, 0.5) is 0 Å². The van der Waals surface area contributed by atoms with E-state index in [1.165, 1.54) is 0 Å². The van der Waals surface area contributed by atoms with Gasteiger partial charge in [0.05, 0.1) is 0 Å². The van der Waals surface area contributed by atoms with Gasteiger partial charge >= 0.3 is 0 Å². The minimum atomic E-state index is -0.392. The summed E-state index contributed by atoms with van der Waals surface area (Å²) < 4.78 is 0. The lowest BCUT2D eigenvalue weighted by molar-refractivity contribution is 0.101. The lowest BCUT2D eigenvalue weighted by Crippen LogP contribution is -1.92. The summed E-state index contributed by atoms with van der Waals surface area (Å²) in [7, 11) is -0.392. The summed E-state index contributed by atoms with van der Waals surface area (Å²) in [5.41, 5.74) is 0.763. The van der Waals surface area contributed by atoms with E-state index in [0.717, 1.165) is 15.4 Å². The number of Topliss-reactive ketones (excluding diaryl/α,β-unsaturated/α-hetero) is 1. The summed E-state index contributed by atoms with van der Waals surface area (Å²) >= 11 is 4.43. The summed E-state index contributed by atoms with van der Waals surface area (Å²) in [6, 6.07) is 5.68. The Labute approximate surface area is 97.6 Å². The van der Waals surface area contributed by atoms with Crippen molar-refractivity contribution in [2.24, 2.45) is 0 Å². The smallest absolute Gasteiger partial charge is 0.159 e. The van der Waals surface area contributed by atoms with Crippen molar-refractivity contribution < 1.29 is 4.79 Å². The zero-order valence-corrected chi connectivity index (χ0v) is 10.1. The molecule has 1 aliphatic rings. The van der Waals surface area contributed by atoms with Crippen molar-refractivity contribution in [2.75, 3.05) is 0 Å². The summed E-state index contributed by atoms with van der Waals surface area (Å²) in [5, 5.41) is 4.32.